The number of halogens is 2. The Hall–Kier alpha value is -2.48. The fourth-order valence-electron chi connectivity index (χ4n) is 4.05. The van der Waals surface area contributed by atoms with E-state index in [1.165, 1.54) is 6.33 Å². The number of piperidine rings is 2. The predicted octanol–water partition coefficient (Wildman–Crippen LogP) is 2.90. The van der Waals surface area contributed by atoms with E-state index in [-0.39, 0.29) is 0 Å². The molecule has 144 valence electrons. The number of benzene rings is 1. The second kappa shape index (κ2) is 6.92. The lowest BCUT2D eigenvalue weighted by atomic mass is 9.80. The third kappa shape index (κ3) is 3.53. The van der Waals surface area contributed by atoms with Crippen molar-refractivity contribution in [3.8, 4) is 0 Å². The minimum atomic E-state index is -2.57. The van der Waals surface area contributed by atoms with Crippen LogP contribution >= 0.6 is 0 Å². The summed E-state index contributed by atoms with van der Waals surface area (Å²) < 4.78 is 28.9. The third-order valence-corrected chi connectivity index (χ3v) is 5.46. The molecule has 0 radical (unpaired) electrons. The summed E-state index contributed by atoms with van der Waals surface area (Å²) in [6, 6.07) is 9.67. The van der Waals surface area contributed by atoms with Gasteiger partial charge in [0.2, 0.25) is 0 Å². The standard InChI is InChI=1S/C19H24F2N6/c1-22-17-7-18(24-12-23-17)25-15-3-5-16(6-4-15)27-10-13-8-26(2)9-14(11-27)19(13,20)21/h3-7,12-14H,8-11H2,1-2H3,(H2,22,23,24,25). The first-order chi connectivity index (χ1) is 13.0. The second-order valence-electron chi connectivity index (χ2n) is 7.40. The van der Waals surface area contributed by atoms with Crippen LogP contribution in [0.25, 0.3) is 0 Å². The van der Waals surface area contributed by atoms with Gasteiger partial charge in [0.15, 0.2) is 0 Å². The molecule has 2 saturated heterocycles. The van der Waals surface area contributed by atoms with Crippen molar-refractivity contribution in [2.75, 3.05) is 55.8 Å². The Bertz CT molecular complexity index is 779. The highest BCUT2D eigenvalue weighted by Gasteiger charge is 2.54. The predicted molar refractivity (Wildman–Crippen MR) is 103 cm³/mol. The van der Waals surface area contributed by atoms with Crippen LogP contribution in [0.1, 0.15) is 0 Å². The summed E-state index contributed by atoms with van der Waals surface area (Å²) >= 11 is 0. The zero-order valence-corrected chi connectivity index (χ0v) is 15.5. The van der Waals surface area contributed by atoms with Gasteiger partial charge in [0.25, 0.3) is 5.92 Å². The quantitative estimate of drug-likeness (QED) is 0.858. The molecule has 0 saturated carbocycles. The lowest BCUT2D eigenvalue weighted by Crippen LogP contribution is -2.63. The number of alkyl halides is 2. The molecule has 2 aromatic rings. The largest absolute Gasteiger partial charge is 0.373 e. The molecule has 2 N–H and O–H groups in total. The van der Waals surface area contributed by atoms with Gasteiger partial charge in [-0.3, -0.25) is 0 Å². The fraction of sp³-hybridized carbons (Fsp3) is 0.474. The summed E-state index contributed by atoms with van der Waals surface area (Å²) in [7, 11) is 3.73. The van der Waals surface area contributed by atoms with E-state index in [1.807, 2.05) is 42.3 Å². The molecule has 4 rings (SSSR count). The van der Waals surface area contributed by atoms with Gasteiger partial charge >= 0.3 is 0 Å². The Morgan fingerprint density at radius 1 is 1.00 bits per heavy atom. The normalized spacial score (nSPS) is 24.5. The smallest absolute Gasteiger partial charge is 0.259 e. The molecule has 0 aliphatic carbocycles. The molecular formula is C19H24F2N6. The van der Waals surface area contributed by atoms with Gasteiger partial charge in [-0.05, 0) is 31.3 Å². The summed E-state index contributed by atoms with van der Waals surface area (Å²) in [5, 5.41) is 6.20. The minimum absolute atomic E-state index is 0.387. The maximum absolute atomic E-state index is 14.5. The first-order valence-corrected chi connectivity index (χ1v) is 9.14. The van der Waals surface area contributed by atoms with E-state index in [2.05, 4.69) is 25.5 Å². The highest BCUT2D eigenvalue weighted by molar-refractivity contribution is 5.62. The third-order valence-electron chi connectivity index (χ3n) is 5.46. The topological polar surface area (TPSA) is 56.3 Å². The number of likely N-dealkylation sites (tertiary alicyclic amines) is 1. The van der Waals surface area contributed by atoms with Crippen LogP contribution in [0.15, 0.2) is 36.7 Å². The summed E-state index contributed by atoms with van der Waals surface area (Å²) in [5.41, 5.74) is 1.87. The number of fused-ring (bicyclic) bond motifs is 2. The summed E-state index contributed by atoms with van der Waals surface area (Å²) in [6.07, 6.45) is 1.49. The number of rotatable bonds is 4. The summed E-state index contributed by atoms with van der Waals surface area (Å²) in [5.74, 6) is -2.38. The van der Waals surface area contributed by atoms with Gasteiger partial charge in [-0.1, -0.05) is 0 Å². The lowest BCUT2D eigenvalue weighted by Gasteiger charge is -2.50. The van der Waals surface area contributed by atoms with Crippen LogP contribution in [0, 0.1) is 11.8 Å². The van der Waals surface area contributed by atoms with E-state index in [9.17, 15) is 8.78 Å². The average molecular weight is 374 g/mol. The monoisotopic (exact) mass is 374 g/mol. The van der Waals surface area contributed by atoms with E-state index >= 15 is 0 Å². The van der Waals surface area contributed by atoms with Crippen molar-refractivity contribution >= 4 is 23.0 Å². The van der Waals surface area contributed by atoms with Gasteiger partial charge in [-0.15, -0.1) is 0 Å². The number of aromatic nitrogens is 2. The molecule has 2 unspecified atom stereocenters. The summed E-state index contributed by atoms with van der Waals surface area (Å²) in [4.78, 5) is 12.4. The van der Waals surface area contributed by atoms with E-state index < -0.39 is 17.8 Å². The van der Waals surface area contributed by atoms with Gasteiger partial charge in [0.05, 0.1) is 11.8 Å². The van der Waals surface area contributed by atoms with Gasteiger partial charge in [0, 0.05) is 50.7 Å². The number of nitrogens with one attached hydrogen (secondary N) is 2. The number of nitrogens with zero attached hydrogens (tertiary/aromatic N) is 4. The molecule has 27 heavy (non-hydrogen) atoms. The Morgan fingerprint density at radius 2 is 1.63 bits per heavy atom. The molecule has 1 aromatic carbocycles. The molecule has 1 aromatic heterocycles. The molecule has 0 spiro atoms. The number of hydrogen-bond donors (Lipinski definition) is 2. The molecule has 2 fully saturated rings. The van der Waals surface area contributed by atoms with E-state index in [0.717, 1.165) is 17.2 Å². The lowest BCUT2D eigenvalue weighted by molar-refractivity contribution is -0.153. The van der Waals surface area contributed by atoms with E-state index in [0.29, 0.717) is 32.0 Å². The van der Waals surface area contributed by atoms with Crippen molar-refractivity contribution < 1.29 is 8.78 Å². The highest BCUT2D eigenvalue weighted by atomic mass is 19.3. The second-order valence-corrected chi connectivity index (χ2v) is 7.40. The van der Waals surface area contributed by atoms with Crippen molar-refractivity contribution in [3.05, 3.63) is 36.7 Å². The van der Waals surface area contributed by atoms with Crippen LogP contribution in [0.4, 0.5) is 31.8 Å². The maximum Gasteiger partial charge on any atom is 0.259 e. The number of anilines is 4. The van der Waals surface area contributed by atoms with Crippen LogP contribution in [0.2, 0.25) is 0 Å². The molecular weight excluding hydrogens is 350 g/mol. The van der Waals surface area contributed by atoms with Crippen molar-refractivity contribution in [2.24, 2.45) is 11.8 Å². The van der Waals surface area contributed by atoms with Crippen molar-refractivity contribution in [1.29, 1.82) is 0 Å². The molecule has 2 bridgehead atoms. The summed E-state index contributed by atoms with van der Waals surface area (Å²) in [6.45, 7) is 1.67. The zero-order valence-electron chi connectivity index (χ0n) is 15.5. The Balaban J connectivity index is 1.46. The first-order valence-electron chi connectivity index (χ1n) is 9.14. The van der Waals surface area contributed by atoms with Crippen LogP contribution in [0.3, 0.4) is 0 Å². The van der Waals surface area contributed by atoms with Gasteiger partial charge in [0.1, 0.15) is 18.0 Å². The minimum Gasteiger partial charge on any atom is -0.373 e. The number of hydrogen-bond acceptors (Lipinski definition) is 6. The van der Waals surface area contributed by atoms with E-state index in [1.54, 1.807) is 7.05 Å². The van der Waals surface area contributed by atoms with E-state index in [4.69, 9.17) is 0 Å². The zero-order chi connectivity index (χ0) is 19.0. The molecule has 8 heteroatoms. The average Bonchev–Trinajstić information content (AvgIpc) is 2.64. The van der Waals surface area contributed by atoms with Crippen LogP contribution in [-0.2, 0) is 0 Å². The molecule has 2 aliphatic heterocycles. The van der Waals surface area contributed by atoms with Gasteiger partial charge in [-0.2, -0.15) is 0 Å². The van der Waals surface area contributed by atoms with Crippen LogP contribution in [0.5, 0.6) is 0 Å². The van der Waals surface area contributed by atoms with Crippen molar-refractivity contribution in [1.82, 2.24) is 14.9 Å². The molecule has 6 nitrogen and oxygen atoms in total. The Morgan fingerprint density at radius 3 is 2.26 bits per heavy atom. The molecule has 3 heterocycles. The maximum atomic E-state index is 14.5. The van der Waals surface area contributed by atoms with Crippen molar-refractivity contribution in [2.45, 2.75) is 5.92 Å². The van der Waals surface area contributed by atoms with Gasteiger partial charge in [-0.25, -0.2) is 18.7 Å². The van der Waals surface area contributed by atoms with Crippen molar-refractivity contribution in [3.63, 3.8) is 0 Å². The fourth-order valence-corrected chi connectivity index (χ4v) is 4.05. The highest BCUT2D eigenvalue weighted by Crippen LogP contribution is 2.43. The first kappa shape index (κ1) is 17.9. The Labute approximate surface area is 157 Å². The molecule has 2 aliphatic rings. The molecule has 0 amide bonds. The molecule has 2 atom stereocenters. The SMILES string of the molecule is CNc1cc(Nc2ccc(N3CC4CN(C)CC(C3)C4(F)F)cc2)ncn1. The van der Waals surface area contributed by atoms with Crippen LogP contribution < -0.4 is 15.5 Å². The van der Waals surface area contributed by atoms with Crippen LogP contribution in [-0.4, -0.2) is 61.1 Å². The Kier molecular flexibility index (Phi) is 4.59. The van der Waals surface area contributed by atoms with Gasteiger partial charge < -0.3 is 20.4 Å².